The van der Waals surface area contributed by atoms with Crippen molar-refractivity contribution in [2.45, 2.75) is 0 Å². The Morgan fingerprint density at radius 2 is 1.96 bits per heavy atom. The molecule has 3 rings (SSSR count). The second kappa shape index (κ2) is 7.46. The molecule has 0 bridgehead atoms. The molecule has 2 aromatic rings. The Kier molecular flexibility index (Phi) is 5.09. The molecule has 0 N–H and O–H groups in total. The predicted octanol–water partition coefficient (Wildman–Crippen LogP) is 3.61. The Morgan fingerprint density at radius 3 is 2.59 bits per heavy atom. The summed E-state index contributed by atoms with van der Waals surface area (Å²) in [6.45, 7) is 0. The van der Waals surface area contributed by atoms with Crippen molar-refractivity contribution in [1.82, 2.24) is 0 Å². The fourth-order valence-electron chi connectivity index (χ4n) is 2.41. The predicted molar refractivity (Wildman–Crippen MR) is 98.3 cm³/mol. The van der Waals surface area contributed by atoms with Gasteiger partial charge in [-0.15, -0.1) is 0 Å². The zero-order valence-electron chi connectivity index (χ0n) is 14.3. The van der Waals surface area contributed by atoms with E-state index in [1.165, 1.54) is 38.5 Å². The number of non-ortho nitro benzene ring substituents is 1. The van der Waals surface area contributed by atoms with Gasteiger partial charge < -0.3 is 14.2 Å². The molecule has 1 heterocycles. The highest BCUT2D eigenvalue weighted by Crippen LogP contribution is 2.30. The number of esters is 1. The van der Waals surface area contributed by atoms with Crippen LogP contribution >= 0.6 is 11.6 Å². The average molecular weight is 389 g/mol. The standard InChI is InChI=1S/C18H13ClN2O6/c1-25-12-4-6-16(26-2)10(7-12)8-15-18(22)27-17(20-15)13-5-3-11(21(23)24)9-14(13)19/h3-9H,1-2H3/b15-8-. The highest BCUT2D eigenvalue weighted by atomic mass is 35.5. The van der Waals surface area contributed by atoms with E-state index < -0.39 is 10.9 Å². The molecule has 2 aromatic carbocycles. The molecule has 0 saturated heterocycles. The van der Waals surface area contributed by atoms with E-state index in [1.54, 1.807) is 18.2 Å². The number of methoxy groups -OCH3 is 2. The summed E-state index contributed by atoms with van der Waals surface area (Å²) in [6.07, 6.45) is 1.50. The maximum Gasteiger partial charge on any atom is 0.363 e. The first-order valence-electron chi connectivity index (χ1n) is 7.62. The summed E-state index contributed by atoms with van der Waals surface area (Å²) in [5.41, 5.74) is 0.705. The number of ether oxygens (including phenoxy) is 3. The number of carbonyl (C=O) groups excluding carboxylic acids is 1. The number of benzene rings is 2. The fraction of sp³-hybridized carbons (Fsp3) is 0.111. The number of nitrogens with zero attached hydrogens (tertiary/aromatic N) is 2. The highest BCUT2D eigenvalue weighted by Gasteiger charge is 2.27. The number of cyclic esters (lactones) is 1. The number of hydrogen-bond acceptors (Lipinski definition) is 7. The van der Waals surface area contributed by atoms with Gasteiger partial charge in [-0.25, -0.2) is 9.79 Å². The van der Waals surface area contributed by atoms with E-state index >= 15 is 0 Å². The molecule has 27 heavy (non-hydrogen) atoms. The Labute approximate surface area is 158 Å². The van der Waals surface area contributed by atoms with Crippen LogP contribution in [-0.4, -0.2) is 31.0 Å². The molecule has 8 nitrogen and oxygen atoms in total. The second-order valence-corrected chi connectivity index (χ2v) is 5.77. The first-order chi connectivity index (χ1) is 12.9. The second-order valence-electron chi connectivity index (χ2n) is 5.37. The Morgan fingerprint density at radius 1 is 1.19 bits per heavy atom. The molecule has 1 aliphatic rings. The lowest BCUT2D eigenvalue weighted by Crippen LogP contribution is -2.06. The van der Waals surface area contributed by atoms with Crippen LogP contribution in [0.5, 0.6) is 11.5 Å². The van der Waals surface area contributed by atoms with Crippen LogP contribution in [-0.2, 0) is 9.53 Å². The van der Waals surface area contributed by atoms with E-state index in [-0.39, 0.29) is 27.9 Å². The lowest BCUT2D eigenvalue weighted by atomic mass is 10.1. The molecule has 0 atom stereocenters. The van der Waals surface area contributed by atoms with E-state index in [1.807, 2.05) is 0 Å². The van der Waals surface area contributed by atoms with Crippen LogP contribution < -0.4 is 9.47 Å². The monoisotopic (exact) mass is 388 g/mol. The zero-order valence-corrected chi connectivity index (χ0v) is 15.0. The van der Waals surface area contributed by atoms with Crippen molar-refractivity contribution in [3.8, 4) is 11.5 Å². The van der Waals surface area contributed by atoms with E-state index in [4.69, 9.17) is 25.8 Å². The molecular weight excluding hydrogens is 376 g/mol. The van der Waals surface area contributed by atoms with Gasteiger partial charge in [-0.2, -0.15) is 0 Å². The van der Waals surface area contributed by atoms with Gasteiger partial charge in [0.25, 0.3) is 5.69 Å². The van der Waals surface area contributed by atoms with Gasteiger partial charge in [-0.05, 0) is 30.3 Å². The first kappa shape index (κ1) is 18.4. The maximum absolute atomic E-state index is 12.2. The summed E-state index contributed by atoms with van der Waals surface area (Å²) in [6, 6.07) is 8.90. The highest BCUT2D eigenvalue weighted by molar-refractivity contribution is 6.34. The summed E-state index contributed by atoms with van der Waals surface area (Å²) in [7, 11) is 3.03. The van der Waals surface area contributed by atoms with Crippen LogP contribution in [0.25, 0.3) is 6.08 Å². The van der Waals surface area contributed by atoms with E-state index in [0.717, 1.165) is 0 Å². The van der Waals surface area contributed by atoms with Crippen LogP contribution in [0.15, 0.2) is 47.1 Å². The van der Waals surface area contributed by atoms with Gasteiger partial charge in [-0.1, -0.05) is 11.6 Å². The molecule has 0 aromatic heterocycles. The van der Waals surface area contributed by atoms with Gasteiger partial charge in [-0.3, -0.25) is 10.1 Å². The number of carbonyl (C=O) groups is 1. The fourth-order valence-corrected chi connectivity index (χ4v) is 2.67. The molecule has 138 valence electrons. The van der Waals surface area contributed by atoms with Crippen molar-refractivity contribution < 1.29 is 23.9 Å². The molecule has 0 radical (unpaired) electrons. The van der Waals surface area contributed by atoms with Crippen LogP contribution in [0.4, 0.5) is 5.69 Å². The van der Waals surface area contributed by atoms with Crippen LogP contribution in [0.3, 0.4) is 0 Å². The van der Waals surface area contributed by atoms with E-state index in [0.29, 0.717) is 17.1 Å². The lowest BCUT2D eigenvalue weighted by Gasteiger charge is -2.07. The minimum absolute atomic E-state index is 0.0333. The molecule has 0 saturated carbocycles. The number of halogens is 1. The topological polar surface area (TPSA) is 100 Å². The third kappa shape index (κ3) is 3.75. The smallest absolute Gasteiger partial charge is 0.363 e. The Balaban J connectivity index is 2.00. The van der Waals surface area contributed by atoms with Gasteiger partial charge in [0, 0.05) is 17.7 Å². The van der Waals surface area contributed by atoms with E-state index in [9.17, 15) is 14.9 Å². The van der Waals surface area contributed by atoms with Gasteiger partial charge >= 0.3 is 5.97 Å². The largest absolute Gasteiger partial charge is 0.497 e. The van der Waals surface area contributed by atoms with Crippen LogP contribution in [0, 0.1) is 10.1 Å². The average Bonchev–Trinajstić information content (AvgIpc) is 3.01. The third-order valence-corrected chi connectivity index (χ3v) is 4.06. The molecular formula is C18H13ClN2O6. The normalized spacial score (nSPS) is 14.7. The van der Waals surface area contributed by atoms with E-state index in [2.05, 4.69) is 4.99 Å². The number of nitro benzene ring substituents is 1. The van der Waals surface area contributed by atoms with Crippen molar-refractivity contribution in [3.63, 3.8) is 0 Å². The van der Waals surface area contributed by atoms with Gasteiger partial charge in [0.1, 0.15) is 11.5 Å². The van der Waals surface area contributed by atoms with Crippen molar-refractivity contribution >= 4 is 35.2 Å². The molecule has 9 heteroatoms. The molecule has 0 unspecified atom stereocenters. The quantitative estimate of drug-likeness (QED) is 0.335. The SMILES string of the molecule is COc1ccc(OC)c(/C=C2\N=C(c3ccc([N+](=O)[O-])cc3Cl)OC2=O)c1. The zero-order chi connectivity index (χ0) is 19.6. The van der Waals surface area contributed by atoms with Crippen molar-refractivity contribution in [1.29, 1.82) is 0 Å². The number of nitro groups is 1. The van der Waals surface area contributed by atoms with Crippen molar-refractivity contribution in [2.75, 3.05) is 14.2 Å². The minimum Gasteiger partial charge on any atom is -0.497 e. The lowest BCUT2D eigenvalue weighted by molar-refractivity contribution is -0.384. The summed E-state index contributed by atoms with van der Waals surface area (Å²) >= 11 is 6.06. The number of rotatable bonds is 5. The maximum atomic E-state index is 12.2. The molecule has 0 fully saturated rings. The summed E-state index contributed by atoms with van der Waals surface area (Å²) in [5, 5.41) is 10.9. The molecule has 0 aliphatic carbocycles. The van der Waals surface area contributed by atoms with Crippen LogP contribution in [0.1, 0.15) is 11.1 Å². The molecule has 0 spiro atoms. The first-order valence-corrected chi connectivity index (χ1v) is 7.99. The third-order valence-electron chi connectivity index (χ3n) is 3.74. The summed E-state index contributed by atoms with van der Waals surface area (Å²) in [5.74, 6) is 0.391. The van der Waals surface area contributed by atoms with Crippen molar-refractivity contribution in [2.24, 2.45) is 4.99 Å². The van der Waals surface area contributed by atoms with Crippen molar-refractivity contribution in [3.05, 3.63) is 68.4 Å². The summed E-state index contributed by atoms with van der Waals surface area (Å²) < 4.78 is 15.6. The molecule has 0 amide bonds. The minimum atomic E-state index is -0.677. The van der Waals surface area contributed by atoms with Crippen LogP contribution in [0.2, 0.25) is 5.02 Å². The summed E-state index contributed by atoms with van der Waals surface area (Å²) in [4.78, 5) is 26.6. The Hall–Kier alpha value is -3.39. The van der Waals surface area contributed by atoms with Gasteiger partial charge in [0.2, 0.25) is 5.90 Å². The number of hydrogen-bond donors (Lipinski definition) is 0. The molecule has 1 aliphatic heterocycles. The number of aliphatic imine (C=N–C) groups is 1. The van der Waals surface area contributed by atoms with Gasteiger partial charge in [0.15, 0.2) is 5.70 Å². The van der Waals surface area contributed by atoms with Gasteiger partial charge in [0.05, 0.1) is 29.7 Å². The Bertz CT molecular complexity index is 999.